The normalized spacial score (nSPS) is 11.9. The molecule has 2 aromatic carbocycles. The molecule has 0 aliphatic carbocycles. The predicted molar refractivity (Wildman–Crippen MR) is 119 cm³/mol. The maximum Gasteiger partial charge on any atom is 0.239 e. The van der Waals surface area contributed by atoms with Crippen LogP contribution in [0.25, 0.3) is 16.9 Å². The van der Waals surface area contributed by atoms with Gasteiger partial charge < -0.3 is 10.1 Å². The average Bonchev–Trinajstić information content (AvgIpc) is 3.45. The van der Waals surface area contributed by atoms with E-state index in [9.17, 15) is 13.6 Å². The first kappa shape index (κ1) is 21.9. The van der Waals surface area contributed by atoms with Crippen LogP contribution >= 0.6 is 23.1 Å². The Balaban J connectivity index is 1.45. The van der Waals surface area contributed by atoms with E-state index in [4.69, 9.17) is 4.74 Å². The molecule has 1 atom stereocenters. The number of benzene rings is 2. The number of rotatable bonds is 7. The zero-order valence-corrected chi connectivity index (χ0v) is 18.6. The van der Waals surface area contributed by atoms with Gasteiger partial charge in [-0.05, 0) is 37.3 Å². The average molecular weight is 474 g/mol. The quantitative estimate of drug-likeness (QED) is 0.389. The van der Waals surface area contributed by atoms with Crippen molar-refractivity contribution in [1.82, 2.24) is 19.7 Å². The van der Waals surface area contributed by atoms with E-state index in [1.807, 2.05) is 24.3 Å². The van der Waals surface area contributed by atoms with Crippen molar-refractivity contribution in [2.45, 2.75) is 17.3 Å². The van der Waals surface area contributed by atoms with Crippen LogP contribution in [-0.4, -0.2) is 38.0 Å². The molecule has 1 amide bonds. The van der Waals surface area contributed by atoms with Crippen LogP contribution in [0.15, 0.2) is 59.3 Å². The van der Waals surface area contributed by atoms with Crippen molar-refractivity contribution >= 4 is 34.1 Å². The molecule has 0 saturated carbocycles. The summed E-state index contributed by atoms with van der Waals surface area (Å²) in [5, 5.41) is 12.9. The first-order valence-corrected chi connectivity index (χ1v) is 11.1. The number of hydrogen-bond donors (Lipinski definition) is 1. The van der Waals surface area contributed by atoms with E-state index in [-0.39, 0.29) is 5.91 Å². The lowest BCUT2D eigenvalue weighted by atomic mass is 10.2. The molecule has 0 radical (unpaired) electrons. The van der Waals surface area contributed by atoms with Crippen LogP contribution in [-0.2, 0) is 4.79 Å². The van der Waals surface area contributed by atoms with Gasteiger partial charge in [-0.25, -0.2) is 13.8 Å². The molecule has 4 aromatic rings. The van der Waals surface area contributed by atoms with E-state index in [1.54, 1.807) is 30.3 Å². The number of aromatic nitrogens is 4. The Morgan fingerprint density at radius 1 is 1.22 bits per heavy atom. The maximum atomic E-state index is 13.5. The van der Waals surface area contributed by atoms with Gasteiger partial charge in [0.1, 0.15) is 12.1 Å². The molecular weight excluding hydrogens is 456 g/mol. The molecule has 0 unspecified atom stereocenters. The molecule has 7 nitrogen and oxygen atoms in total. The van der Waals surface area contributed by atoms with Crippen LogP contribution < -0.4 is 10.1 Å². The van der Waals surface area contributed by atoms with Crippen molar-refractivity contribution in [3.05, 3.63) is 65.8 Å². The fourth-order valence-electron chi connectivity index (χ4n) is 2.84. The summed E-state index contributed by atoms with van der Waals surface area (Å²) >= 11 is 2.43. The number of thiazole rings is 1. The van der Waals surface area contributed by atoms with Crippen LogP contribution in [0.3, 0.4) is 0 Å². The van der Waals surface area contributed by atoms with Crippen LogP contribution in [0.1, 0.15) is 6.92 Å². The van der Waals surface area contributed by atoms with Gasteiger partial charge in [-0.15, -0.1) is 21.5 Å². The number of amides is 1. The van der Waals surface area contributed by atoms with Crippen LogP contribution in [0.5, 0.6) is 5.75 Å². The van der Waals surface area contributed by atoms with Crippen molar-refractivity contribution < 1.29 is 18.3 Å². The number of methoxy groups -OCH3 is 1. The number of carbonyl (C=O) groups excluding carboxylic acids is 1. The topological polar surface area (TPSA) is 81.9 Å². The second kappa shape index (κ2) is 9.45. The summed E-state index contributed by atoms with van der Waals surface area (Å²) < 4.78 is 33.8. The summed E-state index contributed by atoms with van der Waals surface area (Å²) in [5.41, 5.74) is 1.62. The Hall–Kier alpha value is -3.31. The van der Waals surface area contributed by atoms with Crippen LogP contribution in [0, 0.1) is 11.6 Å². The third-order valence-corrected chi connectivity index (χ3v) is 6.28. The summed E-state index contributed by atoms with van der Waals surface area (Å²) in [6.07, 6.45) is 1.56. The number of ether oxygens (including phenoxy) is 1. The molecular formula is C21H17F2N5O2S2. The molecule has 32 heavy (non-hydrogen) atoms. The fraction of sp³-hybridized carbons (Fsp3) is 0.143. The van der Waals surface area contributed by atoms with Gasteiger partial charge in [-0.2, -0.15) is 0 Å². The molecule has 2 aromatic heterocycles. The Labute approximate surface area is 190 Å². The first-order chi connectivity index (χ1) is 15.5. The molecule has 0 aliphatic rings. The van der Waals surface area contributed by atoms with Crippen LogP contribution in [0.2, 0.25) is 0 Å². The third-order valence-electron chi connectivity index (χ3n) is 4.46. The van der Waals surface area contributed by atoms with E-state index in [2.05, 4.69) is 20.5 Å². The van der Waals surface area contributed by atoms with Gasteiger partial charge in [0.15, 0.2) is 21.9 Å². The lowest BCUT2D eigenvalue weighted by molar-refractivity contribution is -0.115. The molecule has 0 fully saturated rings. The van der Waals surface area contributed by atoms with Gasteiger partial charge in [-0.1, -0.05) is 23.9 Å². The highest BCUT2D eigenvalue weighted by Gasteiger charge is 2.21. The number of halogens is 2. The molecule has 0 spiro atoms. The second-order valence-electron chi connectivity index (χ2n) is 6.57. The zero-order valence-electron chi connectivity index (χ0n) is 17.0. The van der Waals surface area contributed by atoms with E-state index in [0.29, 0.717) is 27.3 Å². The lowest BCUT2D eigenvalue weighted by Gasteiger charge is -2.13. The number of nitrogens with zero attached hydrogens (tertiary/aromatic N) is 4. The Morgan fingerprint density at radius 2 is 2.03 bits per heavy atom. The zero-order chi connectivity index (χ0) is 22.7. The van der Waals surface area contributed by atoms with Crippen molar-refractivity contribution in [3.8, 4) is 22.7 Å². The third kappa shape index (κ3) is 4.63. The number of thioether (sulfide) groups is 1. The molecule has 2 heterocycles. The second-order valence-corrected chi connectivity index (χ2v) is 8.74. The highest BCUT2D eigenvalue weighted by atomic mass is 32.2. The Kier molecular flexibility index (Phi) is 6.47. The van der Waals surface area contributed by atoms with Crippen LogP contribution in [0.4, 0.5) is 13.9 Å². The van der Waals surface area contributed by atoms with Gasteiger partial charge in [-0.3, -0.25) is 9.36 Å². The van der Waals surface area contributed by atoms with Gasteiger partial charge in [0.25, 0.3) is 0 Å². The summed E-state index contributed by atoms with van der Waals surface area (Å²) in [6, 6.07) is 11.0. The first-order valence-electron chi connectivity index (χ1n) is 9.38. The number of hydrogen-bond acceptors (Lipinski definition) is 7. The Bertz CT molecular complexity index is 1260. The highest BCUT2D eigenvalue weighted by molar-refractivity contribution is 8.00. The van der Waals surface area contributed by atoms with E-state index in [1.165, 1.54) is 29.2 Å². The minimum Gasteiger partial charge on any atom is -0.495 e. The predicted octanol–water partition coefficient (Wildman–Crippen LogP) is 4.80. The molecule has 0 aliphatic heterocycles. The van der Waals surface area contributed by atoms with Gasteiger partial charge in [0.2, 0.25) is 5.91 Å². The number of carbonyl (C=O) groups is 1. The summed E-state index contributed by atoms with van der Waals surface area (Å²) in [6.45, 7) is 1.74. The van der Waals surface area contributed by atoms with E-state index in [0.717, 1.165) is 17.8 Å². The van der Waals surface area contributed by atoms with Gasteiger partial charge in [0.05, 0.1) is 23.7 Å². The standard InChI is InChI=1S/C21H17F2N5O2S2/c1-12(32-21-27-24-11-28(21)17-5-3-4-6-18(17)30-2)19(29)26-20-25-16(10-31-20)13-7-8-14(22)15(23)9-13/h3-12H,1-2H3,(H,25,26,29)/t12-/m0/s1. The largest absolute Gasteiger partial charge is 0.495 e. The summed E-state index contributed by atoms with van der Waals surface area (Å²) in [5.74, 6) is -1.51. The molecule has 0 saturated heterocycles. The van der Waals surface area contributed by atoms with Crippen molar-refractivity contribution in [1.29, 1.82) is 0 Å². The smallest absolute Gasteiger partial charge is 0.239 e. The minimum absolute atomic E-state index is 0.282. The van der Waals surface area contributed by atoms with Gasteiger partial charge >= 0.3 is 0 Å². The minimum atomic E-state index is -0.953. The lowest BCUT2D eigenvalue weighted by Crippen LogP contribution is -2.22. The van der Waals surface area contributed by atoms with Crippen molar-refractivity contribution in [3.63, 3.8) is 0 Å². The van der Waals surface area contributed by atoms with E-state index >= 15 is 0 Å². The Morgan fingerprint density at radius 3 is 2.81 bits per heavy atom. The summed E-state index contributed by atoms with van der Waals surface area (Å²) in [4.78, 5) is 17.0. The fourth-order valence-corrected chi connectivity index (χ4v) is 4.39. The van der Waals surface area contributed by atoms with Crippen molar-refractivity contribution in [2.75, 3.05) is 12.4 Å². The molecule has 11 heteroatoms. The molecule has 1 N–H and O–H groups in total. The maximum absolute atomic E-state index is 13.5. The van der Waals surface area contributed by atoms with Gasteiger partial charge in [0, 0.05) is 10.9 Å². The van der Waals surface area contributed by atoms with E-state index < -0.39 is 16.9 Å². The van der Waals surface area contributed by atoms with Crippen molar-refractivity contribution in [2.24, 2.45) is 0 Å². The summed E-state index contributed by atoms with van der Waals surface area (Å²) in [7, 11) is 1.58. The monoisotopic (exact) mass is 473 g/mol. The number of para-hydroxylation sites is 2. The SMILES string of the molecule is COc1ccccc1-n1cnnc1S[C@@H](C)C(=O)Nc1nc(-c2ccc(F)c(F)c2)cs1. The molecule has 164 valence electrons. The number of anilines is 1. The molecule has 4 rings (SSSR count). The number of nitrogens with one attached hydrogen (secondary N) is 1. The highest BCUT2D eigenvalue weighted by Crippen LogP contribution is 2.30. The molecule has 0 bridgehead atoms.